The minimum Gasteiger partial charge on any atom is -0.544 e. The van der Waals surface area contributed by atoms with Gasteiger partial charge >= 0.3 is 0 Å². The third kappa shape index (κ3) is 0.996. The number of nitrogen functional groups attached to an aromatic ring is 1. The van der Waals surface area contributed by atoms with E-state index in [0.29, 0.717) is 0 Å². The molecule has 0 aromatic carbocycles. The van der Waals surface area contributed by atoms with Crippen molar-refractivity contribution in [1.29, 1.82) is 0 Å². The molecule has 5 heteroatoms. The Morgan fingerprint density at radius 2 is 2.56 bits per heavy atom. The van der Waals surface area contributed by atoms with Gasteiger partial charge < -0.3 is 15.6 Å². The highest BCUT2D eigenvalue weighted by atomic mass is 32.1. The number of hydrogen-bond acceptors (Lipinski definition) is 5. The van der Waals surface area contributed by atoms with E-state index in [1.54, 1.807) is 0 Å². The molecule has 0 bridgehead atoms. The van der Waals surface area contributed by atoms with Crippen LogP contribution in [0.15, 0.2) is 6.20 Å². The fourth-order valence-corrected chi connectivity index (χ4v) is 0.907. The summed E-state index contributed by atoms with van der Waals surface area (Å²) in [5.74, 6) is -1.27. The lowest BCUT2D eigenvalue weighted by Crippen LogP contribution is -2.21. The summed E-state index contributed by atoms with van der Waals surface area (Å²) in [6, 6.07) is 0. The Morgan fingerprint density at radius 1 is 1.89 bits per heavy atom. The summed E-state index contributed by atoms with van der Waals surface area (Å²) in [5, 5.41) is 10.1. The summed E-state index contributed by atoms with van der Waals surface area (Å²) in [7, 11) is 0. The predicted molar refractivity (Wildman–Crippen MR) is 30.9 cm³/mol. The van der Waals surface area contributed by atoms with Gasteiger partial charge in [0.2, 0.25) is 0 Å². The van der Waals surface area contributed by atoms with E-state index in [1.165, 1.54) is 6.20 Å². The minimum absolute atomic E-state index is 0.00463. The summed E-state index contributed by atoms with van der Waals surface area (Å²) in [6.07, 6.45) is 1.29. The highest BCUT2D eigenvalue weighted by molar-refractivity contribution is 7.08. The molecular formula is C4H3N2O2S-. The maximum atomic E-state index is 10.1. The van der Waals surface area contributed by atoms with E-state index in [-0.39, 0.29) is 10.6 Å². The summed E-state index contributed by atoms with van der Waals surface area (Å²) in [4.78, 5) is 10.1. The number of carboxylic acid groups (broad SMARTS) is 1. The maximum absolute atomic E-state index is 10.1. The first kappa shape index (κ1) is 6.03. The lowest BCUT2D eigenvalue weighted by atomic mass is 10.4. The van der Waals surface area contributed by atoms with Crippen molar-refractivity contribution >= 4 is 23.2 Å². The smallest absolute Gasteiger partial charge is 0.0934 e. The lowest BCUT2D eigenvalue weighted by Gasteiger charge is -1.94. The van der Waals surface area contributed by atoms with Crippen LogP contribution in [-0.4, -0.2) is 10.3 Å². The van der Waals surface area contributed by atoms with Crippen LogP contribution in [-0.2, 0) is 0 Å². The van der Waals surface area contributed by atoms with Crippen LogP contribution in [0.5, 0.6) is 0 Å². The van der Waals surface area contributed by atoms with E-state index in [1.807, 2.05) is 0 Å². The Kier molecular flexibility index (Phi) is 1.35. The monoisotopic (exact) mass is 143 g/mol. The molecule has 1 aromatic rings. The molecule has 0 aliphatic rings. The first-order valence-electron chi connectivity index (χ1n) is 2.13. The molecule has 0 aliphatic carbocycles. The number of aromatic nitrogens is 1. The number of aromatic carboxylic acids is 1. The number of anilines is 1. The molecule has 0 spiro atoms. The highest BCUT2D eigenvalue weighted by Gasteiger charge is 2.00. The zero-order valence-corrected chi connectivity index (χ0v) is 5.14. The van der Waals surface area contributed by atoms with Crippen molar-refractivity contribution in [2.24, 2.45) is 0 Å². The number of carbonyl (C=O) groups excluding carboxylic acids is 1. The molecule has 4 nitrogen and oxygen atoms in total. The molecule has 1 rings (SSSR count). The normalized spacial score (nSPS) is 9.33. The van der Waals surface area contributed by atoms with Gasteiger partial charge in [0.05, 0.1) is 22.7 Å². The lowest BCUT2D eigenvalue weighted by molar-refractivity contribution is -0.254. The topological polar surface area (TPSA) is 79.0 Å². The van der Waals surface area contributed by atoms with Crippen LogP contribution >= 0.6 is 11.5 Å². The van der Waals surface area contributed by atoms with Gasteiger partial charge in [-0.05, 0) is 11.5 Å². The first-order chi connectivity index (χ1) is 4.22. The Morgan fingerprint density at radius 3 is 2.78 bits per heavy atom. The number of carboxylic acids is 1. The molecule has 0 saturated heterocycles. The van der Waals surface area contributed by atoms with Crippen molar-refractivity contribution in [1.82, 2.24) is 4.37 Å². The van der Waals surface area contributed by atoms with Crippen molar-refractivity contribution in [3.8, 4) is 0 Å². The zero-order valence-electron chi connectivity index (χ0n) is 4.33. The van der Waals surface area contributed by atoms with E-state index in [2.05, 4.69) is 4.37 Å². The number of hydrogen-bond donors (Lipinski definition) is 1. The summed E-state index contributed by atoms with van der Waals surface area (Å²) < 4.78 is 3.54. The van der Waals surface area contributed by atoms with Crippen molar-refractivity contribution in [2.75, 3.05) is 5.73 Å². The van der Waals surface area contributed by atoms with Crippen LogP contribution in [0.1, 0.15) is 9.67 Å². The highest BCUT2D eigenvalue weighted by Crippen LogP contribution is 2.12. The van der Waals surface area contributed by atoms with E-state index in [9.17, 15) is 9.90 Å². The van der Waals surface area contributed by atoms with Crippen LogP contribution in [0.2, 0.25) is 0 Å². The average Bonchev–Trinajstić information content (AvgIpc) is 2.13. The molecule has 0 saturated carbocycles. The van der Waals surface area contributed by atoms with Gasteiger partial charge in [0, 0.05) is 0 Å². The fraction of sp³-hybridized carbons (Fsp3) is 0. The summed E-state index contributed by atoms with van der Waals surface area (Å²) >= 11 is 0.821. The molecule has 1 heterocycles. The van der Waals surface area contributed by atoms with Gasteiger partial charge in [-0.25, -0.2) is 0 Å². The molecule has 0 aliphatic heterocycles. The number of rotatable bonds is 1. The average molecular weight is 143 g/mol. The third-order valence-corrected chi connectivity index (χ3v) is 1.58. The van der Waals surface area contributed by atoms with Crippen LogP contribution in [0.3, 0.4) is 0 Å². The van der Waals surface area contributed by atoms with Gasteiger partial charge in [0.1, 0.15) is 0 Å². The standard InChI is InChI=1S/C4H4N2O2S/c5-2-1-6-9-3(2)4(7)8/h1H,5H2,(H,7,8)/p-1. The van der Waals surface area contributed by atoms with Crippen LogP contribution in [0.4, 0.5) is 5.69 Å². The van der Waals surface area contributed by atoms with E-state index < -0.39 is 5.97 Å². The SMILES string of the molecule is Nc1cnsc1C(=O)[O-]. The molecule has 0 atom stereocenters. The Labute approximate surface area is 55.1 Å². The van der Waals surface area contributed by atoms with Crippen LogP contribution < -0.4 is 10.8 Å². The molecule has 0 amide bonds. The van der Waals surface area contributed by atoms with E-state index in [0.717, 1.165) is 11.5 Å². The molecule has 9 heavy (non-hydrogen) atoms. The number of carbonyl (C=O) groups is 1. The van der Waals surface area contributed by atoms with Gasteiger partial charge in [-0.15, -0.1) is 0 Å². The van der Waals surface area contributed by atoms with Gasteiger partial charge in [-0.1, -0.05) is 0 Å². The molecule has 2 N–H and O–H groups in total. The molecule has 0 radical (unpaired) electrons. The second-order valence-electron chi connectivity index (χ2n) is 1.40. The molecule has 0 unspecified atom stereocenters. The molecular weight excluding hydrogens is 140 g/mol. The maximum Gasteiger partial charge on any atom is 0.0934 e. The predicted octanol–water partition coefficient (Wildman–Crippen LogP) is -0.911. The van der Waals surface area contributed by atoms with Gasteiger partial charge in [-0.2, -0.15) is 4.37 Å². The van der Waals surface area contributed by atoms with Crippen molar-refractivity contribution in [3.63, 3.8) is 0 Å². The van der Waals surface area contributed by atoms with Crippen LogP contribution in [0, 0.1) is 0 Å². The van der Waals surface area contributed by atoms with E-state index >= 15 is 0 Å². The second-order valence-corrected chi connectivity index (χ2v) is 2.20. The second kappa shape index (κ2) is 2.02. The first-order valence-corrected chi connectivity index (χ1v) is 2.90. The fourth-order valence-electron chi connectivity index (χ4n) is 0.402. The Balaban J connectivity index is 3.08. The number of nitrogens with two attached hydrogens (primary N) is 1. The van der Waals surface area contributed by atoms with Gasteiger partial charge in [-0.3, -0.25) is 0 Å². The third-order valence-electron chi connectivity index (χ3n) is 0.783. The zero-order chi connectivity index (χ0) is 6.85. The van der Waals surface area contributed by atoms with Gasteiger partial charge in [0.25, 0.3) is 0 Å². The Hall–Kier alpha value is -1.10. The number of nitrogens with zero attached hydrogens (tertiary/aromatic N) is 1. The quantitative estimate of drug-likeness (QED) is 0.552. The van der Waals surface area contributed by atoms with Crippen molar-refractivity contribution < 1.29 is 9.90 Å². The van der Waals surface area contributed by atoms with E-state index in [4.69, 9.17) is 5.73 Å². The molecule has 1 aromatic heterocycles. The molecule has 48 valence electrons. The summed E-state index contributed by atoms with van der Waals surface area (Å²) in [5.41, 5.74) is 5.34. The van der Waals surface area contributed by atoms with Gasteiger partial charge in [0.15, 0.2) is 0 Å². The molecule has 0 fully saturated rings. The largest absolute Gasteiger partial charge is 0.544 e. The van der Waals surface area contributed by atoms with Crippen molar-refractivity contribution in [2.45, 2.75) is 0 Å². The van der Waals surface area contributed by atoms with Crippen molar-refractivity contribution in [3.05, 3.63) is 11.1 Å². The van der Waals surface area contributed by atoms with Crippen LogP contribution in [0.25, 0.3) is 0 Å². The minimum atomic E-state index is -1.27. The Bertz CT molecular complexity index is 232. The summed E-state index contributed by atoms with van der Waals surface area (Å²) in [6.45, 7) is 0.